The number of alkyl halides is 4. The minimum absolute atomic E-state index is 0.0682. The number of nitrogens with one attached hydrogen (secondary N) is 3. The minimum atomic E-state index is -3.50. The highest BCUT2D eigenvalue weighted by atomic mass is 35.5. The second kappa shape index (κ2) is 11.6. The van der Waals surface area contributed by atoms with E-state index in [0.717, 1.165) is 0 Å². The summed E-state index contributed by atoms with van der Waals surface area (Å²) in [5.74, 6) is -7.70. The maximum atomic E-state index is 14.3. The van der Waals surface area contributed by atoms with Crippen LogP contribution >= 0.6 is 58.0 Å². The van der Waals surface area contributed by atoms with E-state index in [2.05, 4.69) is 10.6 Å². The predicted molar refractivity (Wildman–Crippen MR) is 146 cm³/mol. The Morgan fingerprint density at radius 2 is 1.40 bits per heavy atom. The molecule has 3 aromatic carbocycles. The summed E-state index contributed by atoms with van der Waals surface area (Å²) in [7, 11) is 0. The van der Waals surface area contributed by atoms with Crippen LogP contribution in [0.1, 0.15) is 21.8 Å². The average Bonchev–Trinajstić information content (AvgIpc) is 3.45. The van der Waals surface area contributed by atoms with Gasteiger partial charge in [0.2, 0.25) is 5.91 Å². The van der Waals surface area contributed by atoms with Crippen LogP contribution in [0.2, 0.25) is 15.1 Å². The first-order valence-corrected chi connectivity index (χ1v) is 12.9. The molecule has 0 heterocycles. The molecule has 3 N–H and O–H groups in total. The normalized spacial score (nSPS) is 17.4. The van der Waals surface area contributed by atoms with Crippen LogP contribution in [0.4, 0.5) is 34.6 Å². The van der Waals surface area contributed by atoms with Crippen LogP contribution in [-0.4, -0.2) is 28.5 Å². The SMILES string of the molecule is O=C(Nc1cc(F)c(NC(=O)C(F)F)c(F)c1)c1cc(NC(=O)C2C(c3ccc(Cl)c(Cl)c3)C2(Cl)Cl)ccc1Cl. The molecule has 0 aromatic heterocycles. The van der Waals surface area contributed by atoms with E-state index in [0.29, 0.717) is 22.7 Å². The van der Waals surface area contributed by atoms with Crippen molar-refractivity contribution in [3.63, 3.8) is 0 Å². The number of benzene rings is 3. The van der Waals surface area contributed by atoms with Gasteiger partial charge in [0.1, 0.15) is 10.0 Å². The molecule has 3 aromatic rings. The van der Waals surface area contributed by atoms with Gasteiger partial charge < -0.3 is 16.0 Å². The fourth-order valence-electron chi connectivity index (χ4n) is 3.91. The van der Waals surface area contributed by atoms with Crippen LogP contribution in [0, 0.1) is 17.6 Å². The van der Waals surface area contributed by atoms with Crippen LogP contribution in [0.25, 0.3) is 0 Å². The molecule has 3 amide bonds. The molecule has 1 saturated carbocycles. The number of rotatable bonds is 7. The number of carbonyl (C=O) groups excluding carboxylic acids is 3. The van der Waals surface area contributed by atoms with Gasteiger partial charge in [0.25, 0.3) is 11.8 Å². The molecule has 0 spiro atoms. The maximum absolute atomic E-state index is 14.3. The molecule has 2 unspecified atom stereocenters. The van der Waals surface area contributed by atoms with Gasteiger partial charge in [-0.2, -0.15) is 8.78 Å². The van der Waals surface area contributed by atoms with Crippen molar-refractivity contribution in [3.8, 4) is 0 Å². The molecule has 0 radical (unpaired) electrons. The molecule has 4 rings (SSSR count). The Hall–Kier alpha value is -2.76. The Morgan fingerprint density at radius 3 is 2.00 bits per heavy atom. The quantitative estimate of drug-likeness (QED) is 0.178. The second-order valence-corrected chi connectivity index (χ2v) is 11.2. The molecule has 0 aliphatic heterocycles. The highest BCUT2D eigenvalue weighted by Gasteiger charge is 2.67. The van der Waals surface area contributed by atoms with Crippen molar-refractivity contribution < 1.29 is 31.9 Å². The monoisotopic (exact) mass is 655 g/mol. The highest BCUT2D eigenvalue weighted by Crippen LogP contribution is 2.65. The van der Waals surface area contributed by atoms with Crippen molar-refractivity contribution in [1.29, 1.82) is 0 Å². The van der Waals surface area contributed by atoms with Gasteiger partial charge in [-0.15, -0.1) is 23.2 Å². The number of halogens is 9. The Labute approximate surface area is 248 Å². The standard InChI is InChI=1S/C25H14Cl5F4N3O3/c26-13-4-2-10(35-23(39)19-18(25(19,29)30)9-1-3-14(27)15(28)5-9)6-12(13)22(38)36-11-7-16(31)20(17(32)8-11)37-24(40)21(33)34/h1-8,18-19,21H,(H,35,39)(H,36,38)(H,37,40). The van der Waals surface area contributed by atoms with Gasteiger partial charge in [-0.25, -0.2) is 8.78 Å². The molecule has 0 saturated heterocycles. The lowest BCUT2D eigenvalue weighted by atomic mass is 10.1. The van der Waals surface area contributed by atoms with Crippen molar-refractivity contribution in [2.45, 2.75) is 16.7 Å². The zero-order chi connectivity index (χ0) is 29.5. The van der Waals surface area contributed by atoms with Crippen LogP contribution < -0.4 is 16.0 Å². The van der Waals surface area contributed by atoms with Gasteiger partial charge >= 0.3 is 6.43 Å². The van der Waals surface area contributed by atoms with Gasteiger partial charge in [0, 0.05) is 17.3 Å². The van der Waals surface area contributed by atoms with E-state index >= 15 is 0 Å². The van der Waals surface area contributed by atoms with Gasteiger partial charge in [-0.05, 0) is 48.0 Å². The summed E-state index contributed by atoms with van der Waals surface area (Å²) < 4.78 is 51.9. The van der Waals surface area contributed by atoms with Gasteiger partial charge in [-0.3, -0.25) is 14.4 Å². The first-order valence-electron chi connectivity index (χ1n) is 11.0. The molecule has 15 heteroatoms. The Balaban J connectivity index is 1.49. The minimum Gasteiger partial charge on any atom is -0.326 e. The van der Waals surface area contributed by atoms with E-state index in [9.17, 15) is 31.9 Å². The summed E-state index contributed by atoms with van der Waals surface area (Å²) in [6, 6.07) is 9.87. The second-order valence-electron chi connectivity index (χ2n) is 8.55. The number of amides is 3. The summed E-state index contributed by atoms with van der Waals surface area (Å²) in [4.78, 5) is 36.9. The summed E-state index contributed by atoms with van der Waals surface area (Å²) in [5, 5.41) is 6.73. The van der Waals surface area contributed by atoms with E-state index in [1.165, 1.54) is 23.5 Å². The third-order valence-corrected chi connectivity index (χ3v) is 7.87. The van der Waals surface area contributed by atoms with E-state index in [1.807, 2.05) is 0 Å². The molecule has 1 fully saturated rings. The van der Waals surface area contributed by atoms with Crippen LogP contribution in [0.15, 0.2) is 48.5 Å². The summed E-state index contributed by atoms with van der Waals surface area (Å²) in [6.07, 6.45) is -3.50. The maximum Gasteiger partial charge on any atom is 0.315 e. The number of carbonyl (C=O) groups is 3. The molecule has 210 valence electrons. The molecular formula is C25H14Cl5F4N3O3. The van der Waals surface area contributed by atoms with Crippen molar-refractivity contribution >= 4 is 92.8 Å². The topological polar surface area (TPSA) is 87.3 Å². The van der Waals surface area contributed by atoms with Crippen molar-refractivity contribution in [1.82, 2.24) is 0 Å². The third kappa shape index (κ3) is 6.26. The van der Waals surface area contributed by atoms with Crippen LogP contribution in [0.5, 0.6) is 0 Å². The Kier molecular flexibility index (Phi) is 8.77. The third-order valence-electron chi connectivity index (χ3n) is 5.86. The van der Waals surface area contributed by atoms with Gasteiger partial charge in [-0.1, -0.05) is 40.9 Å². The summed E-state index contributed by atoms with van der Waals surface area (Å²) in [6.45, 7) is 0. The number of hydrogen-bond donors (Lipinski definition) is 3. The van der Waals surface area contributed by atoms with E-state index in [1.54, 1.807) is 18.2 Å². The highest BCUT2D eigenvalue weighted by molar-refractivity contribution is 6.53. The van der Waals surface area contributed by atoms with Crippen LogP contribution in [0.3, 0.4) is 0 Å². The smallest absolute Gasteiger partial charge is 0.315 e. The van der Waals surface area contributed by atoms with Crippen molar-refractivity contribution in [2.24, 2.45) is 5.92 Å². The first kappa shape index (κ1) is 30.2. The fraction of sp³-hybridized carbons (Fsp3) is 0.160. The van der Waals surface area contributed by atoms with Crippen molar-refractivity contribution in [3.05, 3.63) is 86.4 Å². The lowest BCUT2D eigenvalue weighted by Crippen LogP contribution is -2.22. The molecule has 40 heavy (non-hydrogen) atoms. The lowest BCUT2D eigenvalue weighted by molar-refractivity contribution is -0.126. The molecule has 6 nitrogen and oxygen atoms in total. The van der Waals surface area contributed by atoms with Crippen molar-refractivity contribution in [2.75, 3.05) is 16.0 Å². The number of anilines is 3. The van der Waals surface area contributed by atoms with E-state index in [-0.39, 0.29) is 21.3 Å². The van der Waals surface area contributed by atoms with Crippen LogP contribution in [-0.2, 0) is 9.59 Å². The predicted octanol–water partition coefficient (Wildman–Crippen LogP) is 7.91. The van der Waals surface area contributed by atoms with E-state index in [4.69, 9.17) is 58.0 Å². The Bertz CT molecular complexity index is 1520. The Morgan fingerprint density at radius 1 is 0.775 bits per heavy atom. The zero-order valence-corrected chi connectivity index (χ0v) is 23.3. The molecule has 0 bridgehead atoms. The number of hydrogen-bond acceptors (Lipinski definition) is 3. The molecular weight excluding hydrogens is 644 g/mol. The van der Waals surface area contributed by atoms with Gasteiger partial charge in [0.05, 0.1) is 26.5 Å². The molecule has 2 atom stereocenters. The average molecular weight is 658 g/mol. The first-order chi connectivity index (χ1) is 18.7. The largest absolute Gasteiger partial charge is 0.326 e. The van der Waals surface area contributed by atoms with Gasteiger partial charge in [0.15, 0.2) is 11.6 Å². The fourth-order valence-corrected chi connectivity index (χ4v) is 5.25. The van der Waals surface area contributed by atoms with E-state index < -0.39 is 63.3 Å². The lowest BCUT2D eigenvalue weighted by Gasteiger charge is -2.12. The zero-order valence-electron chi connectivity index (χ0n) is 19.5. The molecule has 1 aliphatic rings. The summed E-state index contributed by atoms with van der Waals surface area (Å²) >= 11 is 30.8. The molecule has 1 aliphatic carbocycles. The summed E-state index contributed by atoms with van der Waals surface area (Å²) in [5.41, 5.74) is -0.979.